The van der Waals surface area contributed by atoms with Gasteiger partial charge in [-0.15, -0.1) is 0 Å². The molecule has 0 heterocycles. The van der Waals surface area contributed by atoms with Gasteiger partial charge in [0.15, 0.2) is 0 Å². The molecule has 1 rings (SSSR count). The molecule has 13 heavy (non-hydrogen) atoms. The van der Waals surface area contributed by atoms with Gasteiger partial charge in [0.2, 0.25) is 0 Å². The molecule has 0 unspecified atom stereocenters. The van der Waals surface area contributed by atoms with E-state index in [9.17, 15) is 9.59 Å². The van der Waals surface area contributed by atoms with Crippen molar-refractivity contribution in [2.75, 3.05) is 0 Å². The lowest BCUT2D eigenvalue weighted by atomic mass is 10.2. The predicted octanol–water partition coefficient (Wildman–Crippen LogP) is 1.03. The standard InChI is InChI=1S/C9H14O4/c1-6(10)12-8-4-3-5-9(8)13-7(2)11/h8-9H,3-5H2,1-2H3/t8-,9+. The molecule has 0 saturated heterocycles. The van der Waals surface area contributed by atoms with Crippen molar-refractivity contribution in [1.29, 1.82) is 0 Å². The Kier molecular flexibility index (Phi) is 3.28. The Labute approximate surface area is 77.2 Å². The molecule has 0 radical (unpaired) electrons. The summed E-state index contributed by atoms with van der Waals surface area (Å²) in [6.07, 6.45) is 2.05. The fourth-order valence-corrected chi connectivity index (χ4v) is 1.59. The highest BCUT2D eigenvalue weighted by Gasteiger charge is 2.31. The van der Waals surface area contributed by atoms with Crippen LogP contribution in [0.5, 0.6) is 0 Å². The van der Waals surface area contributed by atoms with Gasteiger partial charge in [-0.05, 0) is 19.3 Å². The summed E-state index contributed by atoms with van der Waals surface area (Å²) in [5, 5.41) is 0. The van der Waals surface area contributed by atoms with E-state index in [2.05, 4.69) is 0 Å². The second-order valence-electron chi connectivity index (χ2n) is 3.23. The number of rotatable bonds is 2. The van der Waals surface area contributed by atoms with Crippen molar-refractivity contribution in [3.63, 3.8) is 0 Å². The van der Waals surface area contributed by atoms with E-state index in [-0.39, 0.29) is 24.1 Å². The van der Waals surface area contributed by atoms with E-state index >= 15 is 0 Å². The van der Waals surface area contributed by atoms with Gasteiger partial charge in [-0.3, -0.25) is 9.59 Å². The molecule has 0 aromatic carbocycles. The highest BCUT2D eigenvalue weighted by Crippen LogP contribution is 2.25. The molecule has 1 aliphatic carbocycles. The molecule has 2 atom stereocenters. The fraction of sp³-hybridized carbons (Fsp3) is 0.778. The molecular weight excluding hydrogens is 172 g/mol. The zero-order chi connectivity index (χ0) is 9.84. The van der Waals surface area contributed by atoms with Gasteiger partial charge in [0.1, 0.15) is 12.2 Å². The largest absolute Gasteiger partial charge is 0.459 e. The Bertz CT molecular complexity index is 190. The molecule has 1 aliphatic rings. The summed E-state index contributed by atoms with van der Waals surface area (Å²) in [7, 11) is 0. The number of ether oxygens (including phenoxy) is 2. The lowest BCUT2D eigenvalue weighted by Crippen LogP contribution is -2.29. The smallest absolute Gasteiger partial charge is 0.303 e. The number of carbonyl (C=O) groups excluding carboxylic acids is 2. The number of hydrogen-bond acceptors (Lipinski definition) is 4. The van der Waals surface area contributed by atoms with E-state index in [4.69, 9.17) is 9.47 Å². The van der Waals surface area contributed by atoms with Gasteiger partial charge in [-0.2, -0.15) is 0 Å². The number of carbonyl (C=O) groups is 2. The molecule has 0 bridgehead atoms. The van der Waals surface area contributed by atoms with Crippen molar-refractivity contribution in [2.24, 2.45) is 0 Å². The predicted molar refractivity (Wildman–Crippen MR) is 45.0 cm³/mol. The summed E-state index contributed by atoms with van der Waals surface area (Å²) in [4.78, 5) is 21.3. The van der Waals surface area contributed by atoms with E-state index in [1.807, 2.05) is 0 Å². The summed E-state index contributed by atoms with van der Waals surface area (Å²) in [6.45, 7) is 2.73. The van der Waals surface area contributed by atoms with Crippen molar-refractivity contribution in [3.05, 3.63) is 0 Å². The van der Waals surface area contributed by atoms with Crippen molar-refractivity contribution < 1.29 is 19.1 Å². The molecule has 1 fully saturated rings. The van der Waals surface area contributed by atoms with Gasteiger partial charge in [-0.25, -0.2) is 0 Å². The van der Waals surface area contributed by atoms with Crippen LogP contribution in [0, 0.1) is 0 Å². The minimum absolute atomic E-state index is 0.235. The normalized spacial score (nSPS) is 26.9. The number of hydrogen-bond donors (Lipinski definition) is 0. The third kappa shape index (κ3) is 3.05. The van der Waals surface area contributed by atoms with E-state index in [1.165, 1.54) is 13.8 Å². The van der Waals surface area contributed by atoms with Crippen LogP contribution in [-0.2, 0) is 19.1 Å². The first-order chi connectivity index (χ1) is 6.09. The first-order valence-electron chi connectivity index (χ1n) is 4.44. The van der Waals surface area contributed by atoms with Gasteiger partial charge < -0.3 is 9.47 Å². The average Bonchev–Trinajstić information content (AvgIpc) is 2.34. The molecule has 0 amide bonds. The highest BCUT2D eigenvalue weighted by atomic mass is 16.6. The van der Waals surface area contributed by atoms with Crippen LogP contribution in [0.1, 0.15) is 33.1 Å². The molecule has 0 spiro atoms. The zero-order valence-corrected chi connectivity index (χ0v) is 7.91. The molecule has 74 valence electrons. The van der Waals surface area contributed by atoms with Gasteiger partial charge >= 0.3 is 11.9 Å². The number of esters is 2. The Morgan fingerprint density at radius 1 is 1.00 bits per heavy atom. The van der Waals surface area contributed by atoms with Crippen LogP contribution in [-0.4, -0.2) is 24.1 Å². The summed E-state index contributed by atoms with van der Waals surface area (Å²) < 4.78 is 10.0. The van der Waals surface area contributed by atoms with Gasteiger partial charge in [-0.1, -0.05) is 0 Å². The zero-order valence-electron chi connectivity index (χ0n) is 7.91. The molecule has 0 aliphatic heterocycles. The molecule has 4 heteroatoms. The second kappa shape index (κ2) is 4.25. The second-order valence-corrected chi connectivity index (χ2v) is 3.23. The highest BCUT2D eigenvalue weighted by molar-refractivity contribution is 5.67. The third-order valence-corrected chi connectivity index (χ3v) is 2.03. The average molecular weight is 186 g/mol. The molecule has 1 saturated carbocycles. The topological polar surface area (TPSA) is 52.6 Å². The Morgan fingerprint density at radius 3 is 1.69 bits per heavy atom. The summed E-state index contributed by atoms with van der Waals surface area (Å²) >= 11 is 0. The van der Waals surface area contributed by atoms with E-state index in [1.54, 1.807) is 0 Å². The monoisotopic (exact) mass is 186 g/mol. The first kappa shape index (κ1) is 10.0. The van der Waals surface area contributed by atoms with Crippen LogP contribution in [0.15, 0.2) is 0 Å². The molecule has 0 aromatic heterocycles. The van der Waals surface area contributed by atoms with Gasteiger partial charge in [0.25, 0.3) is 0 Å². The van der Waals surface area contributed by atoms with Crippen molar-refractivity contribution >= 4 is 11.9 Å². The van der Waals surface area contributed by atoms with Crippen molar-refractivity contribution in [2.45, 2.75) is 45.3 Å². The van der Waals surface area contributed by atoms with Crippen molar-refractivity contribution in [1.82, 2.24) is 0 Å². The van der Waals surface area contributed by atoms with Crippen LogP contribution >= 0.6 is 0 Å². The lowest BCUT2D eigenvalue weighted by Gasteiger charge is -2.18. The first-order valence-corrected chi connectivity index (χ1v) is 4.44. The van der Waals surface area contributed by atoms with Crippen LogP contribution in [0.2, 0.25) is 0 Å². The Hall–Kier alpha value is -1.06. The van der Waals surface area contributed by atoms with Crippen LogP contribution < -0.4 is 0 Å². The minimum Gasteiger partial charge on any atom is -0.459 e. The summed E-state index contributed by atoms with van der Waals surface area (Å²) in [5.74, 6) is -0.631. The third-order valence-electron chi connectivity index (χ3n) is 2.03. The SMILES string of the molecule is CC(=O)O[C@H]1CCC[C@H]1OC(C)=O. The fourth-order valence-electron chi connectivity index (χ4n) is 1.59. The minimum atomic E-state index is -0.316. The van der Waals surface area contributed by atoms with Gasteiger partial charge in [0, 0.05) is 13.8 Å². The van der Waals surface area contributed by atoms with E-state index in [0.29, 0.717) is 0 Å². The summed E-state index contributed by atoms with van der Waals surface area (Å²) in [6, 6.07) is 0. The molecule has 4 nitrogen and oxygen atoms in total. The Morgan fingerprint density at radius 2 is 1.38 bits per heavy atom. The maximum atomic E-state index is 10.7. The molecular formula is C9H14O4. The van der Waals surface area contributed by atoms with Crippen LogP contribution in [0.25, 0.3) is 0 Å². The maximum Gasteiger partial charge on any atom is 0.303 e. The maximum absolute atomic E-state index is 10.7. The molecule has 0 aromatic rings. The summed E-state index contributed by atoms with van der Waals surface area (Å²) in [5.41, 5.74) is 0. The van der Waals surface area contributed by atoms with E-state index in [0.717, 1.165) is 19.3 Å². The molecule has 0 N–H and O–H groups in total. The van der Waals surface area contributed by atoms with E-state index < -0.39 is 0 Å². The lowest BCUT2D eigenvalue weighted by molar-refractivity contribution is -0.162. The van der Waals surface area contributed by atoms with Crippen molar-refractivity contribution in [3.8, 4) is 0 Å². The quantitative estimate of drug-likeness (QED) is 0.604. The van der Waals surface area contributed by atoms with Crippen LogP contribution in [0.3, 0.4) is 0 Å². The van der Waals surface area contributed by atoms with Gasteiger partial charge in [0.05, 0.1) is 0 Å². The Balaban J connectivity index is 2.43. The van der Waals surface area contributed by atoms with Crippen LogP contribution in [0.4, 0.5) is 0 Å².